The fourth-order valence-corrected chi connectivity index (χ4v) is 2.51. The van der Waals surface area contributed by atoms with E-state index in [4.69, 9.17) is 4.42 Å². The van der Waals surface area contributed by atoms with Gasteiger partial charge >= 0.3 is 6.03 Å². The number of amides is 2. The van der Waals surface area contributed by atoms with E-state index in [1.807, 2.05) is 11.9 Å². The van der Waals surface area contributed by atoms with E-state index in [9.17, 15) is 4.79 Å². The number of hydrogen-bond donors (Lipinski definition) is 0. The third kappa shape index (κ3) is 3.47. The SMILES string of the molecule is CN(C)C(=O)N(C)C1CCCN(Cc2cocn2)C1. The molecule has 0 N–H and O–H groups in total. The maximum atomic E-state index is 12.0. The van der Waals surface area contributed by atoms with Gasteiger partial charge in [-0.2, -0.15) is 0 Å². The molecule has 0 saturated carbocycles. The van der Waals surface area contributed by atoms with Crippen LogP contribution in [0.1, 0.15) is 18.5 Å². The molecule has 0 radical (unpaired) electrons. The molecule has 19 heavy (non-hydrogen) atoms. The molecular formula is C13H22N4O2. The molecule has 1 aromatic rings. The van der Waals surface area contributed by atoms with Crippen molar-refractivity contribution in [3.05, 3.63) is 18.4 Å². The predicted octanol–water partition coefficient (Wildman–Crippen LogP) is 1.25. The van der Waals surface area contributed by atoms with Crippen LogP contribution in [0.25, 0.3) is 0 Å². The quantitative estimate of drug-likeness (QED) is 0.826. The second-order valence-corrected chi connectivity index (χ2v) is 5.30. The topological polar surface area (TPSA) is 52.8 Å². The number of oxazole rings is 1. The molecule has 1 unspecified atom stereocenters. The van der Waals surface area contributed by atoms with Crippen molar-refractivity contribution in [1.29, 1.82) is 0 Å². The number of hydrogen-bond acceptors (Lipinski definition) is 4. The Balaban J connectivity index is 1.91. The predicted molar refractivity (Wildman–Crippen MR) is 71.6 cm³/mol. The lowest BCUT2D eigenvalue weighted by molar-refractivity contribution is 0.109. The minimum atomic E-state index is 0.0632. The molecule has 1 atom stereocenters. The Bertz CT molecular complexity index is 405. The molecule has 1 fully saturated rings. The summed E-state index contributed by atoms with van der Waals surface area (Å²) >= 11 is 0. The molecule has 2 rings (SSSR count). The van der Waals surface area contributed by atoms with Gasteiger partial charge in [0, 0.05) is 40.3 Å². The summed E-state index contributed by atoms with van der Waals surface area (Å²) in [4.78, 5) is 21.9. The Kier molecular flexibility index (Phi) is 4.42. The Labute approximate surface area is 114 Å². The standard InChI is InChI=1S/C13H22N4O2/c1-15(2)13(18)16(3)12-5-4-6-17(8-12)7-11-9-19-10-14-11/h9-10,12H,4-8H2,1-3H3. The van der Waals surface area contributed by atoms with E-state index in [0.717, 1.165) is 38.2 Å². The van der Waals surface area contributed by atoms with Crippen LogP contribution in [0.5, 0.6) is 0 Å². The van der Waals surface area contributed by atoms with E-state index in [0.29, 0.717) is 0 Å². The molecule has 6 heteroatoms. The molecule has 2 heterocycles. The van der Waals surface area contributed by atoms with Gasteiger partial charge in [0.15, 0.2) is 6.39 Å². The molecular weight excluding hydrogens is 244 g/mol. The van der Waals surface area contributed by atoms with Crippen LogP contribution in [-0.2, 0) is 6.54 Å². The molecule has 2 amide bonds. The largest absolute Gasteiger partial charge is 0.451 e. The van der Waals surface area contributed by atoms with E-state index >= 15 is 0 Å². The van der Waals surface area contributed by atoms with Gasteiger partial charge < -0.3 is 14.2 Å². The van der Waals surface area contributed by atoms with Crippen molar-refractivity contribution in [1.82, 2.24) is 19.7 Å². The lowest BCUT2D eigenvalue weighted by Crippen LogP contribution is -2.50. The highest BCUT2D eigenvalue weighted by Gasteiger charge is 2.27. The van der Waals surface area contributed by atoms with Crippen LogP contribution in [0.15, 0.2) is 17.1 Å². The average Bonchev–Trinajstić information content (AvgIpc) is 2.90. The Morgan fingerprint density at radius 3 is 2.95 bits per heavy atom. The maximum absolute atomic E-state index is 12.0. The lowest BCUT2D eigenvalue weighted by atomic mass is 10.0. The number of rotatable bonds is 3. The fourth-order valence-electron chi connectivity index (χ4n) is 2.51. The Morgan fingerprint density at radius 2 is 2.32 bits per heavy atom. The molecule has 1 saturated heterocycles. The minimum absolute atomic E-state index is 0.0632. The van der Waals surface area contributed by atoms with Gasteiger partial charge in [-0.05, 0) is 19.4 Å². The number of nitrogens with zero attached hydrogens (tertiary/aromatic N) is 4. The van der Waals surface area contributed by atoms with E-state index in [1.165, 1.54) is 6.39 Å². The fraction of sp³-hybridized carbons (Fsp3) is 0.692. The molecule has 0 bridgehead atoms. The summed E-state index contributed by atoms with van der Waals surface area (Å²) < 4.78 is 4.99. The van der Waals surface area contributed by atoms with Gasteiger partial charge in [0.1, 0.15) is 6.26 Å². The zero-order valence-corrected chi connectivity index (χ0v) is 11.9. The number of aromatic nitrogens is 1. The Hall–Kier alpha value is -1.56. The van der Waals surface area contributed by atoms with Crippen LogP contribution in [0, 0.1) is 0 Å². The number of carbonyl (C=O) groups excluding carboxylic acids is 1. The van der Waals surface area contributed by atoms with Crippen molar-refractivity contribution in [2.24, 2.45) is 0 Å². The van der Waals surface area contributed by atoms with Gasteiger partial charge in [0.25, 0.3) is 0 Å². The van der Waals surface area contributed by atoms with Crippen molar-refractivity contribution in [2.45, 2.75) is 25.4 Å². The van der Waals surface area contributed by atoms with E-state index in [2.05, 4.69) is 9.88 Å². The number of likely N-dealkylation sites (N-methyl/N-ethyl adjacent to an activating group) is 1. The van der Waals surface area contributed by atoms with Crippen LogP contribution in [-0.4, -0.2) is 66.0 Å². The van der Waals surface area contributed by atoms with E-state index in [1.54, 1.807) is 25.3 Å². The first-order chi connectivity index (χ1) is 9.08. The smallest absolute Gasteiger partial charge is 0.319 e. The molecule has 0 aromatic carbocycles. The van der Waals surface area contributed by atoms with Crippen LogP contribution in [0.2, 0.25) is 0 Å². The monoisotopic (exact) mass is 266 g/mol. The second kappa shape index (κ2) is 6.06. The third-order valence-corrected chi connectivity index (χ3v) is 3.58. The summed E-state index contributed by atoms with van der Waals surface area (Å²) in [7, 11) is 5.45. The first-order valence-corrected chi connectivity index (χ1v) is 6.61. The zero-order chi connectivity index (χ0) is 13.8. The number of piperidine rings is 1. The normalized spacial score (nSPS) is 20.3. The van der Waals surface area contributed by atoms with Crippen molar-refractivity contribution in [2.75, 3.05) is 34.2 Å². The van der Waals surface area contributed by atoms with Gasteiger partial charge in [0.2, 0.25) is 0 Å². The van der Waals surface area contributed by atoms with E-state index < -0.39 is 0 Å². The summed E-state index contributed by atoms with van der Waals surface area (Å²) in [6, 6.07) is 0.337. The van der Waals surface area contributed by atoms with Gasteiger partial charge in [-0.25, -0.2) is 9.78 Å². The first kappa shape index (κ1) is 13.9. The van der Waals surface area contributed by atoms with Crippen LogP contribution in [0.3, 0.4) is 0 Å². The van der Waals surface area contributed by atoms with Gasteiger partial charge in [-0.1, -0.05) is 0 Å². The molecule has 0 spiro atoms. The number of carbonyl (C=O) groups is 1. The number of urea groups is 1. The maximum Gasteiger partial charge on any atom is 0.319 e. The van der Waals surface area contributed by atoms with Crippen molar-refractivity contribution in [3.63, 3.8) is 0 Å². The van der Waals surface area contributed by atoms with Crippen molar-refractivity contribution >= 4 is 6.03 Å². The highest BCUT2D eigenvalue weighted by atomic mass is 16.3. The van der Waals surface area contributed by atoms with E-state index in [-0.39, 0.29) is 12.1 Å². The third-order valence-electron chi connectivity index (χ3n) is 3.58. The summed E-state index contributed by atoms with van der Waals surface area (Å²) in [5.74, 6) is 0. The Morgan fingerprint density at radius 1 is 1.53 bits per heavy atom. The van der Waals surface area contributed by atoms with Crippen molar-refractivity contribution < 1.29 is 9.21 Å². The lowest BCUT2D eigenvalue weighted by Gasteiger charge is -2.38. The molecule has 0 aliphatic carbocycles. The highest BCUT2D eigenvalue weighted by molar-refractivity contribution is 5.73. The molecule has 6 nitrogen and oxygen atoms in total. The van der Waals surface area contributed by atoms with Crippen LogP contribution >= 0.6 is 0 Å². The molecule has 1 aliphatic heterocycles. The molecule has 106 valence electrons. The summed E-state index contributed by atoms with van der Waals surface area (Å²) in [5, 5.41) is 0. The van der Waals surface area contributed by atoms with Crippen LogP contribution in [0.4, 0.5) is 4.79 Å². The minimum Gasteiger partial charge on any atom is -0.451 e. The van der Waals surface area contributed by atoms with Gasteiger partial charge in [-0.3, -0.25) is 4.90 Å². The first-order valence-electron chi connectivity index (χ1n) is 6.61. The van der Waals surface area contributed by atoms with Gasteiger partial charge in [-0.15, -0.1) is 0 Å². The van der Waals surface area contributed by atoms with Crippen molar-refractivity contribution in [3.8, 4) is 0 Å². The van der Waals surface area contributed by atoms with Crippen LogP contribution < -0.4 is 0 Å². The highest BCUT2D eigenvalue weighted by Crippen LogP contribution is 2.17. The summed E-state index contributed by atoms with van der Waals surface area (Å²) in [6.07, 6.45) is 5.30. The zero-order valence-electron chi connectivity index (χ0n) is 11.9. The summed E-state index contributed by atoms with van der Waals surface area (Å²) in [6.45, 7) is 2.73. The average molecular weight is 266 g/mol. The molecule has 1 aliphatic rings. The van der Waals surface area contributed by atoms with Gasteiger partial charge in [0.05, 0.1) is 5.69 Å². The summed E-state index contributed by atoms with van der Waals surface area (Å²) in [5.41, 5.74) is 0.947. The second-order valence-electron chi connectivity index (χ2n) is 5.30. The molecule has 1 aromatic heterocycles. The number of likely N-dealkylation sites (tertiary alicyclic amines) is 1.